The molecule has 0 atom stereocenters. The molecule has 1 N–H and O–H groups in total. The Bertz CT molecular complexity index is 255. The van der Waals surface area contributed by atoms with Crippen LogP contribution in [-0.4, -0.2) is 11.8 Å². The van der Waals surface area contributed by atoms with Crippen molar-refractivity contribution < 1.29 is 5.11 Å². The van der Waals surface area contributed by atoms with E-state index < -0.39 is 0 Å². The lowest BCUT2D eigenvalue weighted by Gasteiger charge is -1.99. The highest BCUT2D eigenvalue weighted by atomic mass is 16.3. The van der Waals surface area contributed by atoms with Crippen molar-refractivity contribution in [1.82, 2.24) is 0 Å². The van der Waals surface area contributed by atoms with Crippen molar-refractivity contribution >= 4 is 12.4 Å². The van der Waals surface area contributed by atoms with E-state index in [2.05, 4.69) is 11.7 Å². The minimum atomic E-state index is 0.220. The molecule has 2 heteroatoms. The maximum atomic E-state index is 9.26. The quantitative estimate of drug-likeness (QED) is 0.587. The molecule has 0 aliphatic carbocycles. The summed E-state index contributed by atoms with van der Waals surface area (Å²) in [6, 6.07) is 5.37. The summed E-state index contributed by atoms with van der Waals surface area (Å²) < 4.78 is 0. The van der Waals surface area contributed by atoms with Crippen LogP contribution in [-0.2, 0) is 0 Å². The summed E-state index contributed by atoms with van der Waals surface area (Å²) in [5, 5.41) is 9.26. The molecule has 0 saturated heterocycles. The molecule has 0 fully saturated rings. The van der Waals surface area contributed by atoms with Crippen LogP contribution in [0.4, 0.5) is 5.69 Å². The van der Waals surface area contributed by atoms with Gasteiger partial charge in [-0.25, -0.2) is 0 Å². The first kappa shape index (κ1) is 6.81. The van der Waals surface area contributed by atoms with E-state index >= 15 is 0 Å². The molecule has 2 nitrogen and oxygen atoms in total. The molecular weight excluding hydrogens is 126 g/mol. The van der Waals surface area contributed by atoms with Crippen LogP contribution in [0, 0.1) is 6.92 Å². The lowest BCUT2D eigenvalue weighted by atomic mass is 10.2. The first-order valence-electron chi connectivity index (χ1n) is 3.01. The minimum absolute atomic E-state index is 0.220. The fourth-order valence-electron chi connectivity index (χ4n) is 0.771. The van der Waals surface area contributed by atoms with Gasteiger partial charge in [-0.05, 0) is 25.3 Å². The van der Waals surface area contributed by atoms with Crippen LogP contribution >= 0.6 is 0 Å². The normalized spacial score (nSPS) is 9.30. The average molecular weight is 135 g/mol. The number of hydrogen-bond acceptors (Lipinski definition) is 2. The van der Waals surface area contributed by atoms with Crippen molar-refractivity contribution in [2.75, 3.05) is 0 Å². The lowest BCUT2D eigenvalue weighted by molar-refractivity contribution is 0.473. The molecule has 1 rings (SSSR count). The van der Waals surface area contributed by atoms with E-state index in [1.165, 1.54) is 0 Å². The third-order valence-corrected chi connectivity index (χ3v) is 1.39. The zero-order valence-electron chi connectivity index (χ0n) is 5.83. The van der Waals surface area contributed by atoms with E-state index in [9.17, 15) is 5.11 Å². The average Bonchev–Trinajstić information content (AvgIpc) is 1.95. The number of benzene rings is 1. The van der Waals surface area contributed by atoms with Gasteiger partial charge in [-0.3, -0.25) is 4.99 Å². The van der Waals surface area contributed by atoms with Crippen LogP contribution < -0.4 is 0 Å². The number of aromatic hydroxyl groups is 1. The molecular formula is C8H9NO. The van der Waals surface area contributed by atoms with E-state index in [1.54, 1.807) is 6.07 Å². The van der Waals surface area contributed by atoms with Crippen molar-refractivity contribution in [1.29, 1.82) is 0 Å². The van der Waals surface area contributed by atoms with E-state index in [-0.39, 0.29) is 5.75 Å². The summed E-state index contributed by atoms with van der Waals surface area (Å²) in [7, 11) is 0. The van der Waals surface area contributed by atoms with Crippen LogP contribution in [0.15, 0.2) is 23.2 Å². The highest BCUT2D eigenvalue weighted by Crippen LogP contribution is 2.28. The van der Waals surface area contributed by atoms with Gasteiger partial charge in [0.05, 0.1) is 0 Å². The van der Waals surface area contributed by atoms with Gasteiger partial charge in [0.2, 0.25) is 0 Å². The second kappa shape index (κ2) is 2.52. The molecule has 0 radical (unpaired) electrons. The minimum Gasteiger partial charge on any atom is -0.505 e. The summed E-state index contributed by atoms with van der Waals surface area (Å²) in [5.74, 6) is 0.220. The summed E-state index contributed by atoms with van der Waals surface area (Å²) in [4.78, 5) is 3.63. The fourth-order valence-corrected chi connectivity index (χ4v) is 0.771. The Morgan fingerprint density at radius 2 is 2.20 bits per heavy atom. The van der Waals surface area contributed by atoms with Gasteiger partial charge in [0.1, 0.15) is 11.4 Å². The Morgan fingerprint density at radius 1 is 1.50 bits per heavy atom. The Hall–Kier alpha value is -1.31. The number of phenols is 1. The molecule has 0 unspecified atom stereocenters. The van der Waals surface area contributed by atoms with Gasteiger partial charge in [0.15, 0.2) is 0 Å². The standard InChI is InChI=1S/C8H9NO/c1-6-4-3-5-7(9-2)8(6)10/h3-5,10H,2H2,1H3. The largest absolute Gasteiger partial charge is 0.505 e. The number of para-hydroxylation sites is 1. The molecule has 0 heterocycles. The fraction of sp³-hybridized carbons (Fsp3) is 0.125. The van der Waals surface area contributed by atoms with Gasteiger partial charge >= 0.3 is 0 Å². The zero-order valence-corrected chi connectivity index (χ0v) is 5.83. The molecule has 0 aromatic heterocycles. The first-order valence-corrected chi connectivity index (χ1v) is 3.01. The van der Waals surface area contributed by atoms with Crippen LogP contribution in [0.5, 0.6) is 5.75 Å². The van der Waals surface area contributed by atoms with Gasteiger partial charge in [0.25, 0.3) is 0 Å². The number of rotatable bonds is 1. The number of aryl methyl sites for hydroxylation is 1. The van der Waals surface area contributed by atoms with Crippen molar-refractivity contribution in [3.05, 3.63) is 23.8 Å². The van der Waals surface area contributed by atoms with Crippen LogP contribution in [0.1, 0.15) is 5.56 Å². The first-order chi connectivity index (χ1) is 4.75. The van der Waals surface area contributed by atoms with E-state index in [4.69, 9.17) is 0 Å². The molecule has 10 heavy (non-hydrogen) atoms. The lowest BCUT2D eigenvalue weighted by Crippen LogP contribution is -1.72. The monoisotopic (exact) mass is 135 g/mol. The summed E-state index contributed by atoms with van der Waals surface area (Å²) in [5.41, 5.74) is 1.37. The van der Waals surface area contributed by atoms with Crippen molar-refractivity contribution in [3.8, 4) is 5.75 Å². The van der Waals surface area contributed by atoms with Crippen LogP contribution in [0.25, 0.3) is 0 Å². The molecule has 0 saturated carbocycles. The van der Waals surface area contributed by atoms with Crippen LogP contribution in [0.3, 0.4) is 0 Å². The maximum Gasteiger partial charge on any atom is 0.144 e. The molecule has 0 spiro atoms. The molecule has 0 aliphatic heterocycles. The Morgan fingerprint density at radius 3 is 2.70 bits per heavy atom. The number of hydrogen-bond donors (Lipinski definition) is 1. The molecule has 1 aromatic carbocycles. The maximum absolute atomic E-state index is 9.26. The zero-order chi connectivity index (χ0) is 7.56. The van der Waals surface area contributed by atoms with Crippen molar-refractivity contribution in [3.63, 3.8) is 0 Å². The van der Waals surface area contributed by atoms with Crippen molar-refractivity contribution in [2.45, 2.75) is 6.92 Å². The summed E-state index contributed by atoms with van der Waals surface area (Å²) in [6.45, 7) is 5.15. The van der Waals surface area contributed by atoms with Crippen LogP contribution in [0.2, 0.25) is 0 Å². The third-order valence-electron chi connectivity index (χ3n) is 1.39. The Labute approximate surface area is 59.9 Å². The second-order valence-electron chi connectivity index (χ2n) is 2.10. The molecule has 0 amide bonds. The smallest absolute Gasteiger partial charge is 0.144 e. The topological polar surface area (TPSA) is 32.6 Å². The number of nitrogens with zero attached hydrogens (tertiary/aromatic N) is 1. The Balaban J connectivity index is 3.27. The van der Waals surface area contributed by atoms with Gasteiger partial charge in [-0.15, -0.1) is 0 Å². The SMILES string of the molecule is C=Nc1cccc(C)c1O. The van der Waals surface area contributed by atoms with Crippen molar-refractivity contribution in [2.24, 2.45) is 4.99 Å². The summed E-state index contributed by atoms with van der Waals surface area (Å²) in [6.07, 6.45) is 0. The predicted molar refractivity (Wildman–Crippen MR) is 42.1 cm³/mol. The number of aliphatic imine (C=N–C) groups is 1. The predicted octanol–water partition coefficient (Wildman–Crippen LogP) is 2.03. The van der Waals surface area contributed by atoms with E-state index in [0.717, 1.165) is 5.56 Å². The number of phenolic OH excluding ortho intramolecular Hbond substituents is 1. The molecule has 1 aromatic rings. The molecule has 52 valence electrons. The van der Waals surface area contributed by atoms with Gasteiger partial charge < -0.3 is 5.11 Å². The second-order valence-corrected chi connectivity index (χ2v) is 2.10. The van der Waals surface area contributed by atoms with Gasteiger partial charge in [-0.2, -0.15) is 0 Å². The van der Waals surface area contributed by atoms with Gasteiger partial charge in [-0.1, -0.05) is 12.1 Å². The van der Waals surface area contributed by atoms with E-state index in [0.29, 0.717) is 5.69 Å². The van der Waals surface area contributed by atoms with Gasteiger partial charge in [0, 0.05) is 0 Å². The third kappa shape index (κ3) is 1.00. The van der Waals surface area contributed by atoms with E-state index in [1.807, 2.05) is 19.1 Å². The highest BCUT2D eigenvalue weighted by Gasteiger charge is 1.98. The molecule has 0 bridgehead atoms. The Kier molecular flexibility index (Phi) is 1.71. The highest BCUT2D eigenvalue weighted by molar-refractivity contribution is 5.58. The molecule has 0 aliphatic rings. The summed E-state index contributed by atoms with van der Waals surface area (Å²) >= 11 is 0.